The minimum Gasteiger partial charge on any atom is -0.334 e. The Morgan fingerprint density at radius 2 is 1.92 bits per heavy atom. The quantitative estimate of drug-likeness (QED) is 0.847. The Morgan fingerprint density at radius 3 is 2.68 bits per heavy atom. The zero-order valence-electron chi connectivity index (χ0n) is 14.5. The van der Waals surface area contributed by atoms with E-state index < -0.39 is 0 Å². The van der Waals surface area contributed by atoms with Crippen LogP contribution in [0.1, 0.15) is 46.4 Å². The van der Waals surface area contributed by atoms with Crippen molar-refractivity contribution in [3.8, 4) is 0 Å². The molecule has 0 aliphatic heterocycles. The van der Waals surface area contributed by atoms with Gasteiger partial charge in [-0.1, -0.05) is 30.3 Å². The van der Waals surface area contributed by atoms with Gasteiger partial charge in [0.15, 0.2) is 0 Å². The maximum atomic E-state index is 13.0. The van der Waals surface area contributed by atoms with Crippen LogP contribution in [0.2, 0.25) is 0 Å². The minimum atomic E-state index is -0.281. The fraction of sp³-hybridized carbons (Fsp3) is 0.400. The summed E-state index contributed by atoms with van der Waals surface area (Å²) in [6, 6.07) is 11.6. The predicted octanol–water partition coefficient (Wildman–Crippen LogP) is 2.24. The molecular weight excluding hydrogens is 314 g/mol. The van der Waals surface area contributed by atoms with Crippen molar-refractivity contribution in [1.29, 1.82) is 0 Å². The number of H-pyrrole nitrogens is 1. The Balaban J connectivity index is 1.87. The van der Waals surface area contributed by atoms with E-state index in [4.69, 9.17) is 5.73 Å². The number of benzene rings is 1. The topological polar surface area (TPSA) is 79.2 Å². The van der Waals surface area contributed by atoms with Gasteiger partial charge < -0.3 is 15.6 Å². The Morgan fingerprint density at radius 1 is 1.16 bits per heavy atom. The summed E-state index contributed by atoms with van der Waals surface area (Å²) in [7, 11) is 0. The molecule has 5 heteroatoms. The molecule has 0 radical (unpaired) electrons. The van der Waals surface area contributed by atoms with E-state index in [0.29, 0.717) is 26.1 Å². The molecule has 1 aliphatic carbocycles. The van der Waals surface area contributed by atoms with E-state index in [-0.39, 0.29) is 17.0 Å². The Bertz CT molecular complexity index is 783. The van der Waals surface area contributed by atoms with Gasteiger partial charge >= 0.3 is 0 Å². The third-order valence-corrected chi connectivity index (χ3v) is 4.70. The van der Waals surface area contributed by atoms with Gasteiger partial charge in [-0.05, 0) is 55.8 Å². The van der Waals surface area contributed by atoms with Crippen molar-refractivity contribution >= 4 is 5.91 Å². The van der Waals surface area contributed by atoms with Gasteiger partial charge in [-0.2, -0.15) is 0 Å². The van der Waals surface area contributed by atoms with Gasteiger partial charge in [0.25, 0.3) is 11.5 Å². The van der Waals surface area contributed by atoms with Gasteiger partial charge in [-0.15, -0.1) is 0 Å². The van der Waals surface area contributed by atoms with Crippen LogP contribution in [0.5, 0.6) is 0 Å². The molecule has 5 nitrogen and oxygen atoms in total. The van der Waals surface area contributed by atoms with Crippen LogP contribution >= 0.6 is 0 Å². The number of hydrogen-bond donors (Lipinski definition) is 2. The first kappa shape index (κ1) is 17.4. The third kappa shape index (κ3) is 4.17. The monoisotopic (exact) mass is 339 g/mol. The Hall–Kier alpha value is -2.40. The predicted molar refractivity (Wildman–Crippen MR) is 98.6 cm³/mol. The molecule has 0 spiro atoms. The Labute approximate surface area is 147 Å². The average molecular weight is 339 g/mol. The summed E-state index contributed by atoms with van der Waals surface area (Å²) in [5.41, 5.74) is 8.73. The highest BCUT2D eigenvalue weighted by atomic mass is 16.2. The van der Waals surface area contributed by atoms with E-state index in [1.54, 1.807) is 11.0 Å². The van der Waals surface area contributed by atoms with E-state index in [2.05, 4.69) is 4.98 Å². The molecule has 1 aromatic heterocycles. The summed E-state index contributed by atoms with van der Waals surface area (Å²) >= 11 is 0. The van der Waals surface area contributed by atoms with Crippen LogP contribution in [0.4, 0.5) is 0 Å². The number of nitrogens with zero attached hydrogens (tertiary/aromatic N) is 1. The normalized spacial score (nSPS) is 13.3. The molecule has 25 heavy (non-hydrogen) atoms. The molecule has 2 aromatic rings. The van der Waals surface area contributed by atoms with Crippen molar-refractivity contribution in [2.24, 2.45) is 5.73 Å². The van der Waals surface area contributed by atoms with Crippen molar-refractivity contribution in [3.63, 3.8) is 0 Å². The number of amides is 1. The van der Waals surface area contributed by atoms with E-state index >= 15 is 0 Å². The average Bonchev–Trinajstić information content (AvgIpc) is 2.65. The van der Waals surface area contributed by atoms with Gasteiger partial charge in [0.05, 0.1) is 0 Å². The maximum absolute atomic E-state index is 13.0. The maximum Gasteiger partial charge on any atom is 0.261 e. The van der Waals surface area contributed by atoms with E-state index in [0.717, 1.165) is 42.5 Å². The molecule has 0 unspecified atom stereocenters. The number of aryl methyl sites for hydroxylation is 2. The fourth-order valence-electron chi connectivity index (χ4n) is 3.34. The molecule has 0 bridgehead atoms. The molecule has 1 heterocycles. The van der Waals surface area contributed by atoms with Crippen LogP contribution in [0.3, 0.4) is 0 Å². The summed E-state index contributed by atoms with van der Waals surface area (Å²) in [4.78, 5) is 30.1. The zero-order valence-corrected chi connectivity index (χ0v) is 14.5. The lowest BCUT2D eigenvalue weighted by atomic mass is 9.95. The van der Waals surface area contributed by atoms with Gasteiger partial charge in [-0.3, -0.25) is 9.59 Å². The molecule has 0 saturated carbocycles. The number of pyridine rings is 1. The van der Waals surface area contributed by atoms with E-state index in [1.165, 1.54) is 0 Å². The lowest BCUT2D eigenvalue weighted by Gasteiger charge is -2.23. The molecule has 1 amide bonds. The third-order valence-electron chi connectivity index (χ3n) is 4.70. The number of nitrogens with one attached hydrogen (secondary N) is 1. The first-order valence-corrected chi connectivity index (χ1v) is 8.97. The SMILES string of the molecule is NCCCN(Cc1ccccc1)C(=O)c1cc2c([nH]c1=O)CCCC2. The van der Waals surface area contributed by atoms with Crippen molar-refractivity contribution < 1.29 is 4.79 Å². The highest BCUT2D eigenvalue weighted by Gasteiger charge is 2.21. The number of carbonyl (C=O) groups excluding carboxylic acids is 1. The smallest absolute Gasteiger partial charge is 0.261 e. The molecule has 0 fully saturated rings. The summed E-state index contributed by atoms with van der Waals surface area (Å²) in [5, 5.41) is 0. The van der Waals surface area contributed by atoms with Crippen LogP contribution in [0.15, 0.2) is 41.2 Å². The van der Waals surface area contributed by atoms with E-state index in [9.17, 15) is 9.59 Å². The van der Waals surface area contributed by atoms with Crippen molar-refractivity contribution in [2.45, 2.75) is 38.6 Å². The van der Waals surface area contributed by atoms with Crippen LogP contribution in [-0.2, 0) is 19.4 Å². The van der Waals surface area contributed by atoms with Crippen LogP contribution in [-0.4, -0.2) is 28.9 Å². The minimum absolute atomic E-state index is 0.216. The molecular formula is C20H25N3O2. The second-order valence-corrected chi connectivity index (χ2v) is 6.58. The number of aromatic nitrogens is 1. The van der Waals surface area contributed by atoms with Crippen LogP contribution in [0.25, 0.3) is 0 Å². The van der Waals surface area contributed by atoms with Gasteiger partial charge in [0.1, 0.15) is 5.56 Å². The molecule has 1 aliphatic rings. The molecule has 0 saturated heterocycles. The lowest BCUT2D eigenvalue weighted by molar-refractivity contribution is 0.0740. The van der Waals surface area contributed by atoms with E-state index in [1.807, 2.05) is 30.3 Å². The second kappa shape index (κ2) is 8.12. The molecule has 1 aromatic carbocycles. The second-order valence-electron chi connectivity index (χ2n) is 6.58. The standard InChI is InChI=1S/C20H25N3O2/c21-11-6-12-23(14-15-7-2-1-3-8-15)20(25)17-13-16-9-4-5-10-18(16)22-19(17)24/h1-3,7-8,13H,4-6,9-12,14,21H2,(H,22,24). The van der Waals surface area contributed by atoms with Crippen LogP contribution in [0, 0.1) is 0 Å². The number of carbonyl (C=O) groups is 1. The summed E-state index contributed by atoms with van der Waals surface area (Å²) < 4.78 is 0. The number of rotatable bonds is 6. The molecule has 3 rings (SSSR count). The van der Waals surface area contributed by atoms with Gasteiger partial charge in [0, 0.05) is 18.8 Å². The first-order valence-electron chi connectivity index (χ1n) is 8.97. The van der Waals surface area contributed by atoms with Gasteiger partial charge in [-0.25, -0.2) is 0 Å². The van der Waals surface area contributed by atoms with Gasteiger partial charge in [0.2, 0.25) is 0 Å². The molecule has 3 N–H and O–H groups in total. The summed E-state index contributed by atoms with van der Waals surface area (Å²) in [6.07, 6.45) is 4.72. The molecule has 132 valence electrons. The molecule has 0 atom stereocenters. The first-order chi connectivity index (χ1) is 12.2. The largest absolute Gasteiger partial charge is 0.334 e. The zero-order chi connectivity index (χ0) is 17.6. The summed E-state index contributed by atoms with van der Waals surface area (Å²) in [5.74, 6) is -0.216. The summed E-state index contributed by atoms with van der Waals surface area (Å²) in [6.45, 7) is 1.54. The Kier molecular flexibility index (Phi) is 5.66. The highest BCUT2D eigenvalue weighted by molar-refractivity contribution is 5.94. The lowest BCUT2D eigenvalue weighted by Crippen LogP contribution is -2.36. The number of aromatic amines is 1. The van der Waals surface area contributed by atoms with Crippen molar-refractivity contribution in [2.75, 3.05) is 13.1 Å². The number of fused-ring (bicyclic) bond motifs is 1. The number of hydrogen-bond acceptors (Lipinski definition) is 3. The van der Waals surface area contributed by atoms with Crippen molar-refractivity contribution in [3.05, 3.63) is 69.1 Å². The number of nitrogens with two attached hydrogens (primary N) is 1. The highest BCUT2D eigenvalue weighted by Crippen LogP contribution is 2.19. The van der Waals surface area contributed by atoms with Crippen molar-refractivity contribution in [1.82, 2.24) is 9.88 Å². The fourth-order valence-corrected chi connectivity index (χ4v) is 3.34. The van der Waals surface area contributed by atoms with Crippen LogP contribution < -0.4 is 11.3 Å².